The molecule has 120 valence electrons. The lowest BCUT2D eigenvalue weighted by Gasteiger charge is -2.10. The molecule has 2 aromatic rings. The van der Waals surface area contributed by atoms with Crippen LogP contribution in [0.25, 0.3) is 0 Å². The highest BCUT2D eigenvalue weighted by atomic mass is 35.5. The van der Waals surface area contributed by atoms with Gasteiger partial charge >= 0.3 is 0 Å². The molecule has 23 heavy (non-hydrogen) atoms. The van der Waals surface area contributed by atoms with Gasteiger partial charge in [-0.1, -0.05) is 17.7 Å². The molecule has 0 radical (unpaired) electrons. The first-order chi connectivity index (χ1) is 10.9. The van der Waals surface area contributed by atoms with Crippen LogP contribution in [0, 0.1) is 20.8 Å². The normalized spacial score (nSPS) is 10.3. The molecule has 0 heterocycles. The first kappa shape index (κ1) is 17.0. The summed E-state index contributed by atoms with van der Waals surface area (Å²) in [5.74, 6) is -0.552. The molecule has 0 aromatic heterocycles. The van der Waals surface area contributed by atoms with Gasteiger partial charge in [0.25, 0.3) is 5.91 Å². The van der Waals surface area contributed by atoms with Crippen LogP contribution < -0.4 is 10.6 Å². The summed E-state index contributed by atoms with van der Waals surface area (Å²) in [5, 5.41) is 5.99. The second kappa shape index (κ2) is 7.29. The molecule has 0 bridgehead atoms. The highest BCUT2D eigenvalue weighted by Crippen LogP contribution is 2.19. The lowest BCUT2D eigenvalue weighted by molar-refractivity contribution is -0.115. The average Bonchev–Trinajstić information content (AvgIpc) is 2.50. The zero-order valence-corrected chi connectivity index (χ0v) is 14.1. The Kier molecular flexibility index (Phi) is 5.40. The summed E-state index contributed by atoms with van der Waals surface area (Å²) < 4.78 is 0. The molecule has 0 aliphatic carbocycles. The molecule has 2 rings (SSSR count). The smallest absolute Gasteiger partial charge is 0.251 e. The van der Waals surface area contributed by atoms with Gasteiger partial charge in [0, 0.05) is 16.3 Å². The second-order valence-corrected chi connectivity index (χ2v) is 5.93. The number of nitrogens with one attached hydrogen (secondary N) is 2. The largest absolute Gasteiger partial charge is 0.343 e. The Labute approximate surface area is 140 Å². The molecule has 2 N–H and O–H groups in total. The van der Waals surface area contributed by atoms with E-state index in [1.54, 1.807) is 24.3 Å². The van der Waals surface area contributed by atoms with Gasteiger partial charge in [-0.15, -0.1) is 0 Å². The van der Waals surface area contributed by atoms with Crippen LogP contribution in [0.15, 0.2) is 36.4 Å². The number of aryl methyl sites for hydroxylation is 3. The Morgan fingerprint density at radius 2 is 1.70 bits per heavy atom. The van der Waals surface area contributed by atoms with E-state index < -0.39 is 0 Å². The molecule has 5 heteroatoms. The standard InChI is InChI=1S/C18H19ClN2O2/c1-11-4-5-14(8-12(11)2)18(23)20-10-17(22)21-16-7-6-15(19)9-13(16)3/h4-9H,10H2,1-3H3,(H,20,23)(H,21,22). The van der Waals surface area contributed by atoms with Crippen LogP contribution in [0.5, 0.6) is 0 Å². The lowest BCUT2D eigenvalue weighted by atomic mass is 10.1. The van der Waals surface area contributed by atoms with Crippen molar-refractivity contribution >= 4 is 29.1 Å². The van der Waals surface area contributed by atoms with E-state index in [0.717, 1.165) is 16.7 Å². The van der Waals surface area contributed by atoms with E-state index in [1.165, 1.54) is 0 Å². The number of halogens is 1. The Balaban J connectivity index is 1.93. The van der Waals surface area contributed by atoms with Crippen LogP contribution in [0.1, 0.15) is 27.0 Å². The zero-order valence-electron chi connectivity index (χ0n) is 13.4. The van der Waals surface area contributed by atoms with Crippen LogP contribution in [0.3, 0.4) is 0 Å². The minimum absolute atomic E-state index is 0.0895. The molecule has 0 aliphatic rings. The van der Waals surface area contributed by atoms with Gasteiger partial charge in [0.15, 0.2) is 0 Å². The highest BCUT2D eigenvalue weighted by molar-refractivity contribution is 6.30. The fraction of sp³-hybridized carbons (Fsp3) is 0.222. The summed E-state index contributed by atoms with van der Waals surface area (Å²) in [6, 6.07) is 10.7. The third-order valence-electron chi connectivity index (χ3n) is 3.64. The van der Waals surface area contributed by atoms with Crippen molar-refractivity contribution in [2.24, 2.45) is 0 Å². The maximum absolute atomic E-state index is 12.1. The van der Waals surface area contributed by atoms with Gasteiger partial charge in [0.05, 0.1) is 6.54 Å². The molecule has 2 aromatic carbocycles. The Morgan fingerprint density at radius 3 is 2.35 bits per heavy atom. The molecule has 2 amide bonds. The van der Waals surface area contributed by atoms with Crippen molar-refractivity contribution in [2.75, 3.05) is 11.9 Å². The number of benzene rings is 2. The molecule has 0 fully saturated rings. The van der Waals surface area contributed by atoms with Crippen LogP contribution in [-0.4, -0.2) is 18.4 Å². The van der Waals surface area contributed by atoms with Crippen molar-refractivity contribution in [1.82, 2.24) is 5.32 Å². The second-order valence-electron chi connectivity index (χ2n) is 5.49. The summed E-state index contributed by atoms with van der Waals surface area (Å²) in [4.78, 5) is 24.0. The Bertz CT molecular complexity index is 757. The predicted molar refractivity (Wildman–Crippen MR) is 93.1 cm³/mol. The van der Waals surface area contributed by atoms with Crippen molar-refractivity contribution < 1.29 is 9.59 Å². The predicted octanol–water partition coefficient (Wildman–Crippen LogP) is 3.63. The van der Waals surface area contributed by atoms with Gasteiger partial charge in [-0.25, -0.2) is 0 Å². The van der Waals surface area contributed by atoms with Gasteiger partial charge in [0.2, 0.25) is 5.91 Å². The molecular formula is C18H19ClN2O2. The Morgan fingerprint density at radius 1 is 0.957 bits per heavy atom. The van der Waals surface area contributed by atoms with Crippen LogP contribution in [0.2, 0.25) is 5.02 Å². The van der Waals surface area contributed by atoms with Gasteiger partial charge < -0.3 is 10.6 Å². The third kappa shape index (κ3) is 4.57. The van der Waals surface area contributed by atoms with Gasteiger partial charge in [-0.05, 0) is 67.8 Å². The number of hydrogen-bond acceptors (Lipinski definition) is 2. The zero-order chi connectivity index (χ0) is 17.0. The fourth-order valence-electron chi connectivity index (χ4n) is 2.11. The van der Waals surface area contributed by atoms with E-state index in [4.69, 9.17) is 11.6 Å². The summed E-state index contributed by atoms with van der Waals surface area (Å²) in [6.45, 7) is 5.70. The number of carbonyl (C=O) groups excluding carboxylic acids is 2. The van der Waals surface area contributed by atoms with Crippen LogP contribution in [-0.2, 0) is 4.79 Å². The van der Waals surface area contributed by atoms with E-state index in [0.29, 0.717) is 16.3 Å². The maximum atomic E-state index is 12.1. The van der Waals surface area contributed by atoms with Gasteiger partial charge in [-0.2, -0.15) is 0 Å². The topological polar surface area (TPSA) is 58.2 Å². The molecule has 4 nitrogen and oxygen atoms in total. The van der Waals surface area contributed by atoms with Crippen molar-refractivity contribution in [3.8, 4) is 0 Å². The fourth-order valence-corrected chi connectivity index (χ4v) is 2.33. The summed E-state index contributed by atoms with van der Waals surface area (Å²) >= 11 is 5.88. The van der Waals surface area contributed by atoms with Crippen LogP contribution in [0.4, 0.5) is 5.69 Å². The minimum Gasteiger partial charge on any atom is -0.343 e. The van der Waals surface area contributed by atoms with Crippen molar-refractivity contribution in [2.45, 2.75) is 20.8 Å². The quantitative estimate of drug-likeness (QED) is 0.899. The number of anilines is 1. The monoisotopic (exact) mass is 330 g/mol. The number of amides is 2. The van der Waals surface area contributed by atoms with E-state index in [-0.39, 0.29) is 18.4 Å². The molecule has 0 aliphatic heterocycles. The summed E-state index contributed by atoms with van der Waals surface area (Å²) in [7, 11) is 0. The van der Waals surface area contributed by atoms with E-state index in [2.05, 4.69) is 10.6 Å². The first-order valence-corrected chi connectivity index (χ1v) is 7.66. The van der Waals surface area contributed by atoms with Gasteiger partial charge in [-0.3, -0.25) is 9.59 Å². The SMILES string of the molecule is Cc1ccc(C(=O)NCC(=O)Nc2ccc(Cl)cc2C)cc1C. The summed E-state index contributed by atoms with van der Waals surface area (Å²) in [6.07, 6.45) is 0. The summed E-state index contributed by atoms with van der Waals surface area (Å²) in [5.41, 5.74) is 4.26. The van der Waals surface area contributed by atoms with Crippen molar-refractivity contribution in [3.63, 3.8) is 0 Å². The van der Waals surface area contributed by atoms with E-state index in [9.17, 15) is 9.59 Å². The first-order valence-electron chi connectivity index (χ1n) is 7.28. The number of rotatable bonds is 4. The minimum atomic E-state index is -0.285. The average molecular weight is 331 g/mol. The number of carbonyl (C=O) groups is 2. The van der Waals surface area contributed by atoms with Crippen molar-refractivity contribution in [3.05, 3.63) is 63.7 Å². The number of hydrogen-bond donors (Lipinski definition) is 2. The molecule has 0 saturated heterocycles. The van der Waals surface area contributed by atoms with E-state index >= 15 is 0 Å². The molecule has 0 saturated carbocycles. The molecule has 0 unspecified atom stereocenters. The van der Waals surface area contributed by atoms with Gasteiger partial charge in [0.1, 0.15) is 0 Å². The van der Waals surface area contributed by atoms with E-state index in [1.807, 2.05) is 32.9 Å². The molecule has 0 atom stereocenters. The maximum Gasteiger partial charge on any atom is 0.251 e. The molecular weight excluding hydrogens is 312 g/mol. The molecule has 0 spiro atoms. The third-order valence-corrected chi connectivity index (χ3v) is 3.88. The highest BCUT2D eigenvalue weighted by Gasteiger charge is 2.10. The van der Waals surface area contributed by atoms with Crippen molar-refractivity contribution in [1.29, 1.82) is 0 Å². The van der Waals surface area contributed by atoms with Crippen LogP contribution >= 0.6 is 11.6 Å². The lowest BCUT2D eigenvalue weighted by Crippen LogP contribution is -2.33. The Hall–Kier alpha value is -2.33.